The summed E-state index contributed by atoms with van der Waals surface area (Å²) in [5, 5.41) is 0. The fourth-order valence-electron chi connectivity index (χ4n) is 3.70. The number of aryl methyl sites for hydroxylation is 4. The number of rotatable bonds is 3. The van der Waals surface area contributed by atoms with Gasteiger partial charge in [0.25, 0.3) is 0 Å². The average molecular weight is 300 g/mol. The summed E-state index contributed by atoms with van der Waals surface area (Å²) in [6.45, 7) is 8.87. The van der Waals surface area contributed by atoms with Crippen LogP contribution in [-0.4, -0.2) is 0 Å². The van der Waals surface area contributed by atoms with Crippen LogP contribution in [0.4, 0.5) is 0 Å². The molecular weight excluding hydrogens is 276 g/mol. The summed E-state index contributed by atoms with van der Waals surface area (Å²) in [5.74, 6) is 0.290. The van der Waals surface area contributed by atoms with Crippen LogP contribution in [0.25, 0.3) is 0 Å². The summed E-state index contributed by atoms with van der Waals surface area (Å²) in [6, 6.07) is 24.2. The van der Waals surface area contributed by atoms with Crippen molar-refractivity contribution in [3.63, 3.8) is 0 Å². The van der Waals surface area contributed by atoms with Gasteiger partial charge >= 0.3 is 0 Å². The summed E-state index contributed by atoms with van der Waals surface area (Å²) in [4.78, 5) is 0. The van der Waals surface area contributed by atoms with Crippen LogP contribution in [0.3, 0.4) is 0 Å². The fraction of sp³-hybridized carbons (Fsp3) is 0.217. The Labute approximate surface area is 139 Å². The number of hydrogen-bond donors (Lipinski definition) is 0. The lowest BCUT2D eigenvalue weighted by atomic mass is 9.79. The lowest BCUT2D eigenvalue weighted by molar-refractivity contribution is 0.933. The lowest BCUT2D eigenvalue weighted by Gasteiger charge is -2.25. The highest BCUT2D eigenvalue weighted by atomic mass is 14.2. The third-order valence-corrected chi connectivity index (χ3v) is 4.66. The van der Waals surface area contributed by atoms with Crippen molar-refractivity contribution < 1.29 is 0 Å². The van der Waals surface area contributed by atoms with E-state index in [0.717, 1.165) is 0 Å². The second-order valence-corrected chi connectivity index (χ2v) is 6.51. The minimum Gasteiger partial charge on any atom is -0.0622 e. The maximum atomic E-state index is 2.30. The molecule has 0 N–H and O–H groups in total. The van der Waals surface area contributed by atoms with Crippen molar-refractivity contribution in [2.45, 2.75) is 33.6 Å². The Morgan fingerprint density at radius 1 is 0.609 bits per heavy atom. The van der Waals surface area contributed by atoms with Crippen molar-refractivity contribution in [2.75, 3.05) is 0 Å². The van der Waals surface area contributed by atoms with Crippen molar-refractivity contribution in [3.05, 3.63) is 106 Å². The third-order valence-electron chi connectivity index (χ3n) is 4.66. The van der Waals surface area contributed by atoms with Gasteiger partial charge in [-0.05, 0) is 61.1 Å². The summed E-state index contributed by atoms with van der Waals surface area (Å²) in [6.07, 6.45) is 0. The van der Waals surface area contributed by atoms with E-state index in [9.17, 15) is 0 Å². The summed E-state index contributed by atoms with van der Waals surface area (Å²) >= 11 is 0. The van der Waals surface area contributed by atoms with E-state index in [2.05, 4.69) is 94.4 Å². The van der Waals surface area contributed by atoms with Crippen LogP contribution >= 0.6 is 0 Å². The van der Waals surface area contributed by atoms with Gasteiger partial charge in [0, 0.05) is 5.92 Å². The van der Waals surface area contributed by atoms with Gasteiger partial charge in [0.05, 0.1) is 0 Å². The molecule has 0 bridgehead atoms. The Kier molecular flexibility index (Phi) is 4.34. The van der Waals surface area contributed by atoms with E-state index in [4.69, 9.17) is 0 Å². The van der Waals surface area contributed by atoms with Crippen molar-refractivity contribution >= 4 is 0 Å². The SMILES string of the molecule is Cc1cc(C)c(C(c2ccccc2)c2ccccc2C)c(C)c1. The molecule has 1 unspecified atom stereocenters. The van der Waals surface area contributed by atoms with Gasteiger partial charge in [-0.1, -0.05) is 72.3 Å². The minimum absolute atomic E-state index is 0.290. The van der Waals surface area contributed by atoms with Gasteiger partial charge < -0.3 is 0 Å². The van der Waals surface area contributed by atoms with Gasteiger partial charge in [0.2, 0.25) is 0 Å². The second kappa shape index (κ2) is 6.42. The van der Waals surface area contributed by atoms with E-state index in [0.29, 0.717) is 0 Å². The van der Waals surface area contributed by atoms with Crippen LogP contribution in [0.15, 0.2) is 66.7 Å². The predicted molar refractivity (Wildman–Crippen MR) is 99.2 cm³/mol. The van der Waals surface area contributed by atoms with Crippen molar-refractivity contribution in [1.82, 2.24) is 0 Å². The van der Waals surface area contributed by atoms with Crippen molar-refractivity contribution in [2.24, 2.45) is 0 Å². The van der Waals surface area contributed by atoms with E-state index < -0.39 is 0 Å². The van der Waals surface area contributed by atoms with E-state index in [-0.39, 0.29) is 5.92 Å². The van der Waals surface area contributed by atoms with E-state index in [1.54, 1.807) is 0 Å². The standard InChI is InChI=1S/C23H24/c1-16-14-18(3)22(19(4)15-16)23(20-11-6-5-7-12-20)21-13-9-8-10-17(21)2/h5-15,23H,1-4H3. The molecular formula is C23H24. The summed E-state index contributed by atoms with van der Waals surface area (Å²) in [7, 11) is 0. The van der Waals surface area contributed by atoms with Crippen LogP contribution in [0.5, 0.6) is 0 Å². The Morgan fingerprint density at radius 3 is 1.78 bits per heavy atom. The molecule has 0 saturated heterocycles. The molecule has 3 rings (SSSR count). The van der Waals surface area contributed by atoms with Gasteiger partial charge in [-0.2, -0.15) is 0 Å². The molecule has 0 aliphatic heterocycles. The molecule has 116 valence electrons. The van der Waals surface area contributed by atoms with Crippen molar-refractivity contribution in [3.8, 4) is 0 Å². The molecule has 0 heteroatoms. The van der Waals surface area contributed by atoms with Crippen LogP contribution in [-0.2, 0) is 0 Å². The molecule has 1 atom stereocenters. The van der Waals surface area contributed by atoms with E-state index in [1.165, 1.54) is 38.9 Å². The molecule has 0 radical (unpaired) electrons. The van der Waals surface area contributed by atoms with E-state index >= 15 is 0 Å². The first-order valence-electron chi connectivity index (χ1n) is 8.26. The molecule has 3 aromatic rings. The monoisotopic (exact) mass is 300 g/mol. The zero-order valence-electron chi connectivity index (χ0n) is 14.4. The molecule has 0 saturated carbocycles. The Bertz CT molecular complexity index is 789. The molecule has 0 aromatic heterocycles. The van der Waals surface area contributed by atoms with Crippen LogP contribution < -0.4 is 0 Å². The predicted octanol–water partition coefficient (Wildman–Crippen LogP) is 6.10. The highest BCUT2D eigenvalue weighted by Crippen LogP contribution is 2.37. The fourth-order valence-corrected chi connectivity index (χ4v) is 3.70. The summed E-state index contributed by atoms with van der Waals surface area (Å²) in [5.41, 5.74) is 9.63. The molecule has 23 heavy (non-hydrogen) atoms. The van der Waals surface area contributed by atoms with Gasteiger partial charge in [-0.3, -0.25) is 0 Å². The highest BCUT2D eigenvalue weighted by Gasteiger charge is 2.21. The van der Waals surface area contributed by atoms with Crippen LogP contribution in [0, 0.1) is 27.7 Å². The number of benzene rings is 3. The van der Waals surface area contributed by atoms with Gasteiger partial charge in [0.1, 0.15) is 0 Å². The second-order valence-electron chi connectivity index (χ2n) is 6.51. The maximum absolute atomic E-state index is 2.30. The smallest absolute Gasteiger partial charge is 0.0347 e. The maximum Gasteiger partial charge on any atom is 0.0347 e. The highest BCUT2D eigenvalue weighted by molar-refractivity contribution is 5.52. The first-order chi connectivity index (χ1) is 11.1. The van der Waals surface area contributed by atoms with Gasteiger partial charge in [-0.15, -0.1) is 0 Å². The molecule has 0 aliphatic rings. The lowest BCUT2D eigenvalue weighted by Crippen LogP contribution is -2.09. The average Bonchev–Trinajstić information content (AvgIpc) is 2.52. The zero-order valence-corrected chi connectivity index (χ0v) is 14.4. The molecule has 0 fully saturated rings. The number of hydrogen-bond acceptors (Lipinski definition) is 0. The zero-order chi connectivity index (χ0) is 16.4. The van der Waals surface area contributed by atoms with E-state index in [1.807, 2.05) is 0 Å². The van der Waals surface area contributed by atoms with Crippen LogP contribution in [0.1, 0.15) is 44.9 Å². The Balaban J connectivity index is 2.28. The molecule has 0 spiro atoms. The topological polar surface area (TPSA) is 0 Å². The first kappa shape index (κ1) is 15.6. The van der Waals surface area contributed by atoms with Crippen LogP contribution in [0.2, 0.25) is 0 Å². The Hall–Kier alpha value is -2.34. The van der Waals surface area contributed by atoms with Gasteiger partial charge in [-0.25, -0.2) is 0 Å². The van der Waals surface area contributed by atoms with Gasteiger partial charge in [0.15, 0.2) is 0 Å². The molecule has 0 amide bonds. The Morgan fingerprint density at radius 2 is 1.17 bits per heavy atom. The quantitative estimate of drug-likeness (QED) is 0.513. The normalized spacial score (nSPS) is 12.2. The molecule has 0 aliphatic carbocycles. The molecule has 3 aromatic carbocycles. The molecule has 0 nitrogen and oxygen atoms in total. The summed E-state index contributed by atoms with van der Waals surface area (Å²) < 4.78 is 0. The third kappa shape index (κ3) is 3.07. The first-order valence-corrected chi connectivity index (χ1v) is 8.26. The van der Waals surface area contributed by atoms with Crippen molar-refractivity contribution in [1.29, 1.82) is 0 Å². The minimum atomic E-state index is 0.290. The molecule has 0 heterocycles. The largest absolute Gasteiger partial charge is 0.0622 e.